The van der Waals surface area contributed by atoms with Crippen molar-refractivity contribution >= 4 is 35.6 Å². The summed E-state index contributed by atoms with van der Waals surface area (Å²) in [5, 5.41) is 3.10. The quantitative estimate of drug-likeness (QED) is 0.420. The molecule has 130 valence electrons. The number of benzene rings is 2. The molecule has 0 aromatic heterocycles. The molecule has 2 aromatic carbocycles. The average molecular weight is 441 g/mol. The van der Waals surface area contributed by atoms with Crippen molar-refractivity contribution in [1.82, 2.24) is 0 Å². The largest absolute Gasteiger partial charge is 0.493 e. The lowest BCUT2D eigenvalue weighted by Crippen LogP contribution is -2.22. The zero-order valence-corrected chi connectivity index (χ0v) is 16.8. The second kappa shape index (κ2) is 9.36. The van der Waals surface area contributed by atoms with E-state index in [-0.39, 0.29) is 24.0 Å². The third-order valence-electron chi connectivity index (χ3n) is 3.66. The summed E-state index contributed by atoms with van der Waals surface area (Å²) in [5.74, 6) is 1.75. The summed E-state index contributed by atoms with van der Waals surface area (Å²) >= 11 is 0. The number of hydrogen-bond acceptors (Lipinski definition) is 3. The van der Waals surface area contributed by atoms with Gasteiger partial charge in [-0.3, -0.25) is 0 Å². The van der Waals surface area contributed by atoms with Crippen molar-refractivity contribution in [2.45, 2.75) is 20.4 Å². The first-order chi connectivity index (χ1) is 11.0. The molecular weight excluding hydrogens is 417 g/mol. The van der Waals surface area contributed by atoms with Gasteiger partial charge in [0.25, 0.3) is 0 Å². The van der Waals surface area contributed by atoms with E-state index >= 15 is 0 Å². The second-order valence-corrected chi connectivity index (χ2v) is 5.31. The molecule has 0 aliphatic rings. The Hall–Kier alpha value is -1.96. The number of rotatable bonds is 5. The van der Waals surface area contributed by atoms with E-state index in [1.54, 1.807) is 14.2 Å². The number of halogens is 1. The minimum atomic E-state index is 0. The molecule has 0 aliphatic heterocycles. The van der Waals surface area contributed by atoms with Gasteiger partial charge in [-0.2, -0.15) is 0 Å². The molecule has 0 saturated carbocycles. The van der Waals surface area contributed by atoms with Crippen molar-refractivity contribution < 1.29 is 9.47 Å². The van der Waals surface area contributed by atoms with Gasteiger partial charge in [-0.1, -0.05) is 12.1 Å². The van der Waals surface area contributed by atoms with Crippen molar-refractivity contribution in [1.29, 1.82) is 0 Å². The molecule has 24 heavy (non-hydrogen) atoms. The minimum Gasteiger partial charge on any atom is -0.493 e. The molecule has 0 heterocycles. The molecule has 5 nitrogen and oxygen atoms in total. The molecule has 2 aromatic rings. The van der Waals surface area contributed by atoms with Gasteiger partial charge in [-0.05, 0) is 54.8 Å². The molecule has 0 unspecified atom stereocenters. The van der Waals surface area contributed by atoms with E-state index in [1.807, 2.05) is 30.3 Å². The molecule has 0 atom stereocenters. The van der Waals surface area contributed by atoms with Crippen molar-refractivity contribution in [3.8, 4) is 11.5 Å². The van der Waals surface area contributed by atoms with E-state index in [0.717, 1.165) is 11.3 Å². The fourth-order valence-electron chi connectivity index (χ4n) is 2.16. The molecule has 0 radical (unpaired) electrons. The Kier molecular flexibility index (Phi) is 7.84. The molecule has 6 heteroatoms. The van der Waals surface area contributed by atoms with Crippen molar-refractivity contribution in [3.05, 3.63) is 53.1 Å². The van der Waals surface area contributed by atoms with Gasteiger partial charge in [0.2, 0.25) is 0 Å². The van der Waals surface area contributed by atoms with Crippen LogP contribution >= 0.6 is 24.0 Å². The Labute approximate surface area is 160 Å². The minimum absolute atomic E-state index is 0. The van der Waals surface area contributed by atoms with Gasteiger partial charge < -0.3 is 20.5 Å². The third-order valence-corrected chi connectivity index (χ3v) is 3.66. The van der Waals surface area contributed by atoms with Crippen LogP contribution in [-0.2, 0) is 6.54 Å². The summed E-state index contributed by atoms with van der Waals surface area (Å²) in [6.07, 6.45) is 0. The molecule has 3 N–H and O–H groups in total. The Morgan fingerprint density at radius 2 is 1.71 bits per heavy atom. The van der Waals surface area contributed by atoms with Gasteiger partial charge in [-0.15, -0.1) is 24.0 Å². The second-order valence-electron chi connectivity index (χ2n) is 5.31. The summed E-state index contributed by atoms with van der Waals surface area (Å²) < 4.78 is 10.5. The molecular formula is C18H24IN3O2. The number of aryl methyl sites for hydroxylation is 2. The number of nitrogens with zero attached hydrogens (tertiary/aromatic N) is 1. The summed E-state index contributed by atoms with van der Waals surface area (Å²) in [6.45, 7) is 4.61. The number of nitrogens with one attached hydrogen (secondary N) is 1. The maximum atomic E-state index is 5.95. The van der Waals surface area contributed by atoms with Crippen LogP contribution in [0.4, 0.5) is 5.69 Å². The number of ether oxygens (including phenoxy) is 2. The molecule has 0 aliphatic carbocycles. The molecule has 0 saturated heterocycles. The average Bonchev–Trinajstić information content (AvgIpc) is 2.56. The Morgan fingerprint density at radius 3 is 2.33 bits per heavy atom. The highest BCUT2D eigenvalue weighted by Gasteiger charge is 2.04. The van der Waals surface area contributed by atoms with Crippen molar-refractivity contribution in [2.24, 2.45) is 10.7 Å². The highest BCUT2D eigenvalue weighted by Crippen LogP contribution is 2.27. The zero-order chi connectivity index (χ0) is 16.8. The number of guanidine groups is 1. The van der Waals surface area contributed by atoms with E-state index < -0.39 is 0 Å². The van der Waals surface area contributed by atoms with Crippen LogP contribution in [0.15, 0.2) is 41.4 Å². The molecule has 0 spiro atoms. The van der Waals surface area contributed by atoms with Crippen LogP contribution in [0.1, 0.15) is 16.7 Å². The first-order valence-electron chi connectivity index (χ1n) is 7.38. The van der Waals surface area contributed by atoms with Gasteiger partial charge in [0.15, 0.2) is 17.5 Å². The van der Waals surface area contributed by atoms with Gasteiger partial charge >= 0.3 is 0 Å². The lowest BCUT2D eigenvalue weighted by Gasteiger charge is -2.10. The van der Waals surface area contributed by atoms with Gasteiger partial charge in [0.05, 0.1) is 20.8 Å². The Bertz CT molecular complexity index is 717. The Morgan fingerprint density at radius 1 is 1.00 bits per heavy atom. The molecule has 0 bridgehead atoms. The van der Waals surface area contributed by atoms with E-state index in [9.17, 15) is 0 Å². The smallest absolute Gasteiger partial charge is 0.193 e. The maximum absolute atomic E-state index is 5.95. The first-order valence-corrected chi connectivity index (χ1v) is 7.38. The van der Waals surface area contributed by atoms with Crippen LogP contribution in [0.5, 0.6) is 11.5 Å². The Balaban J connectivity index is 0.00000288. The number of anilines is 1. The predicted molar refractivity (Wildman–Crippen MR) is 110 cm³/mol. The van der Waals surface area contributed by atoms with E-state index in [1.165, 1.54) is 11.1 Å². The lowest BCUT2D eigenvalue weighted by atomic mass is 10.1. The summed E-state index contributed by atoms with van der Waals surface area (Å²) in [4.78, 5) is 4.36. The zero-order valence-electron chi connectivity index (χ0n) is 14.4. The number of nitrogens with two attached hydrogens (primary N) is 1. The highest BCUT2D eigenvalue weighted by atomic mass is 127. The van der Waals surface area contributed by atoms with Crippen LogP contribution < -0.4 is 20.5 Å². The van der Waals surface area contributed by atoms with Crippen molar-refractivity contribution in [2.75, 3.05) is 19.5 Å². The van der Waals surface area contributed by atoms with E-state index in [2.05, 4.69) is 30.2 Å². The number of aliphatic imine (C=N–C) groups is 1. The fraction of sp³-hybridized carbons (Fsp3) is 0.278. The number of hydrogen-bond donors (Lipinski definition) is 2. The van der Waals surface area contributed by atoms with Crippen LogP contribution in [0, 0.1) is 13.8 Å². The summed E-state index contributed by atoms with van der Waals surface area (Å²) in [6, 6.07) is 11.8. The molecule has 0 amide bonds. The van der Waals surface area contributed by atoms with Gasteiger partial charge in [0, 0.05) is 5.69 Å². The topological polar surface area (TPSA) is 68.9 Å². The standard InChI is InChI=1S/C18H23N3O2.HI/c1-12-5-7-15(9-13(12)2)21-18(19)20-11-14-6-8-16(22-3)17(10-14)23-4;/h5-10H,11H2,1-4H3,(H3,19,20,21);1H. The van der Waals surface area contributed by atoms with Crippen molar-refractivity contribution in [3.63, 3.8) is 0 Å². The van der Waals surface area contributed by atoms with Crippen LogP contribution in [0.3, 0.4) is 0 Å². The van der Waals surface area contributed by atoms with Crippen LogP contribution in [-0.4, -0.2) is 20.2 Å². The number of methoxy groups -OCH3 is 2. The first kappa shape index (κ1) is 20.1. The summed E-state index contributed by atoms with van der Waals surface area (Å²) in [5.41, 5.74) is 10.3. The van der Waals surface area contributed by atoms with Gasteiger partial charge in [0.1, 0.15) is 0 Å². The molecule has 2 rings (SSSR count). The van der Waals surface area contributed by atoms with Gasteiger partial charge in [-0.25, -0.2) is 4.99 Å². The lowest BCUT2D eigenvalue weighted by molar-refractivity contribution is 0.354. The molecule has 0 fully saturated rings. The monoisotopic (exact) mass is 441 g/mol. The van der Waals surface area contributed by atoms with E-state index in [4.69, 9.17) is 15.2 Å². The highest BCUT2D eigenvalue weighted by molar-refractivity contribution is 14.0. The fourth-order valence-corrected chi connectivity index (χ4v) is 2.16. The normalized spacial score (nSPS) is 10.8. The SMILES string of the molecule is COc1ccc(CN=C(N)Nc2ccc(C)c(C)c2)cc1OC.I. The van der Waals surface area contributed by atoms with Crippen LogP contribution in [0.25, 0.3) is 0 Å². The maximum Gasteiger partial charge on any atom is 0.193 e. The summed E-state index contributed by atoms with van der Waals surface area (Å²) in [7, 11) is 3.22. The third kappa shape index (κ3) is 5.30. The van der Waals surface area contributed by atoms with Crippen LogP contribution in [0.2, 0.25) is 0 Å². The predicted octanol–water partition coefficient (Wildman–Crippen LogP) is 3.87. The van der Waals surface area contributed by atoms with E-state index in [0.29, 0.717) is 24.0 Å².